The molecule has 1 fully saturated rings. The Morgan fingerprint density at radius 2 is 1.81 bits per heavy atom. The van der Waals surface area contributed by atoms with Gasteiger partial charge in [0, 0.05) is 31.1 Å². The van der Waals surface area contributed by atoms with Gasteiger partial charge in [-0.25, -0.2) is 4.79 Å². The van der Waals surface area contributed by atoms with E-state index in [4.69, 9.17) is 27.9 Å². The third-order valence-corrected chi connectivity index (χ3v) is 5.65. The molecular weight excluding hydrogens is 455 g/mol. The zero-order chi connectivity index (χ0) is 23.5. The maximum atomic E-state index is 12.8. The second-order valence-corrected chi connectivity index (χ2v) is 9.50. The van der Waals surface area contributed by atoms with Gasteiger partial charge in [0.25, 0.3) is 5.91 Å². The molecule has 10 heteroatoms. The summed E-state index contributed by atoms with van der Waals surface area (Å²) in [5, 5.41) is 10.1. The molecule has 0 unspecified atom stereocenters. The van der Waals surface area contributed by atoms with Crippen LogP contribution in [0.3, 0.4) is 0 Å². The fourth-order valence-electron chi connectivity index (χ4n) is 3.46. The number of likely N-dealkylation sites (tertiary alicyclic amines) is 1. The molecule has 2 aromatic rings. The van der Waals surface area contributed by atoms with E-state index in [2.05, 4.69) is 15.5 Å². The van der Waals surface area contributed by atoms with Gasteiger partial charge in [-0.15, -0.1) is 0 Å². The van der Waals surface area contributed by atoms with E-state index in [0.717, 1.165) is 0 Å². The van der Waals surface area contributed by atoms with Crippen molar-refractivity contribution in [3.8, 4) is 0 Å². The highest BCUT2D eigenvalue weighted by Crippen LogP contribution is 2.26. The van der Waals surface area contributed by atoms with Gasteiger partial charge in [0.15, 0.2) is 5.78 Å². The summed E-state index contributed by atoms with van der Waals surface area (Å²) in [5.74, 6) is -0.659. The van der Waals surface area contributed by atoms with Crippen LogP contribution < -0.4 is 5.32 Å². The van der Waals surface area contributed by atoms with Crippen molar-refractivity contribution < 1.29 is 19.1 Å². The molecule has 1 aliphatic heterocycles. The van der Waals surface area contributed by atoms with Crippen molar-refractivity contribution in [2.24, 2.45) is 0 Å². The summed E-state index contributed by atoms with van der Waals surface area (Å²) in [5.41, 5.74) is 0.342. The normalized spacial score (nSPS) is 14.8. The number of carbonyl (C=O) groups is 3. The molecule has 3 rings (SSSR count). The highest BCUT2D eigenvalue weighted by molar-refractivity contribution is 6.39. The fourth-order valence-corrected chi connectivity index (χ4v) is 4.07. The lowest BCUT2D eigenvalue weighted by molar-refractivity contribution is 0.0199. The number of hydrogen-bond donors (Lipinski definition) is 2. The van der Waals surface area contributed by atoms with E-state index < -0.39 is 5.60 Å². The number of nitrogens with one attached hydrogen (secondary N) is 2. The zero-order valence-corrected chi connectivity index (χ0v) is 19.7. The first-order valence-electron chi connectivity index (χ1n) is 10.3. The van der Waals surface area contributed by atoms with Crippen molar-refractivity contribution in [2.75, 3.05) is 13.1 Å². The number of Topliss-reactive ketones (excluding diaryl/α,β-unsaturated/α-hetero) is 1. The second kappa shape index (κ2) is 9.92. The van der Waals surface area contributed by atoms with Crippen molar-refractivity contribution in [1.82, 2.24) is 20.4 Å². The Kier molecular flexibility index (Phi) is 7.46. The molecule has 172 valence electrons. The standard InChI is InChI=1S/C22H26Cl2N4O4/c1-22(2,3)32-21(31)28-9-7-14(8-10-28)26-20(30)19-13(12-25-27-19)11-17(29)18-15(23)5-4-6-16(18)24/h4-6,12,14H,7-11H2,1-3H3,(H,25,27)(H,26,30). The van der Waals surface area contributed by atoms with Gasteiger partial charge in [0.2, 0.25) is 0 Å². The summed E-state index contributed by atoms with van der Waals surface area (Å²) in [6.07, 6.45) is 2.23. The number of H-pyrrole nitrogens is 1. The minimum absolute atomic E-state index is 0.0696. The van der Waals surface area contributed by atoms with Crippen molar-refractivity contribution in [3.63, 3.8) is 0 Å². The first-order chi connectivity index (χ1) is 15.0. The molecule has 0 aliphatic carbocycles. The number of rotatable bonds is 5. The average Bonchev–Trinajstić information content (AvgIpc) is 3.15. The molecule has 2 amide bonds. The lowest BCUT2D eigenvalue weighted by Crippen LogP contribution is -2.48. The first-order valence-corrected chi connectivity index (χ1v) is 11.1. The van der Waals surface area contributed by atoms with E-state index in [1.54, 1.807) is 23.1 Å². The molecule has 0 atom stereocenters. The molecule has 1 aromatic heterocycles. The largest absolute Gasteiger partial charge is 0.444 e. The number of benzene rings is 1. The molecule has 2 heterocycles. The molecular formula is C22H26Cl2N4O4. The third-order valence-electron chi connectivity index (χ3n) is 5.02. The predicted octanol–water partition coefficient (Wildman–Crippen LogP) is 4.27. The van der Waals surface area contributed by atoms with Crippen LogP contribution in [0.4, 0.5) is 4.79 Å². The SMILES string of the molecule is CC(C)(C)OC(=O)N1CCC(NC(=O)c2[nH]ncc2CC(=O)c2c(Cl)cccc2Cl)CC1. The molecule has 2 N–H and O–H groups in total. The molecule has 1 aromatic carbocycles. The molecule has 8 nitrogen and oxygen atoms in total. The number of halogens is 2. The van der Waals surface area contributed by atoms with E-state index in [9.17, 15) is 14.4 Å². The zero-order valence-electron chi connectivity index (χ0n) is 18.2. The first kappa shape index (κ1) is 24.1. The van der Waals surface area contributed by atoms with Gasteiger partial charge in [-0.05, 0) is 45.7 Å². The summed E-state index contributed by atoms with van der Waals surface area (Å²) in [7, 11) is 0. The quantitative estimate of drug-likeness (QED) is 0.621. The van der Waals surface area contributed by atoms with Crippen molar-refractivity contribution in [1.29, 1.82) is 0 Å². The Labute approximate surface area is 196 Å². The number of amides is 2. The van der Waals surface area contributed by atoms with Gasteiger partial charge in [-0.3, -0.25) is 14.7 Å². The Hall–Kier alpha value is -2.58. The van der Waals surface area contributed by atoms with E-state index in [-0.39, 0.29) is 51.5 Å². The van der Waals surface area contributed by atoms with Crippen LogP contribution in [0.25, 0.3) is 0 Å². The average molecular weight is 481 g/mol. The fraction of sp³-hybridized carbons (Fsp3) is 0.455. The summed E-state index contributed by atoms with van der Waals surface area (Å²) in [6, 6.07) is 4.73. The smallest absolute Gasteiger partial charge is 0.410 e. The molecule has 32 heavy (non-hydrogen) atoms. The van der Waals surface area contributed by atoms with Gasteiger partial charge in [0.1, 0.15) is 11.3 Å². The molecule has 0 bridgehead atoms. The van der Waals surface area contributed by atoms with Crippen LogP contribution in [-0.4, -0.2) is 57.6 Å². The summed E-state index contributed by atoms with van der Waals surface area (Å²) < 4.78 is 5.39. The van der Waals surface area contributed by atoms with E-state index in [1.165, 1.54) is 6.20 Å². The maximum absolute atomic E-state index is 12.8. The number of hydrogen-bond acceptors (Lipinski definition) is 5. The van der Waals surface area contributed by atoms with Gasteiger partial charge >= 0.3 is 6.09 Å². The molecule has 0 saturated carbocycles. The van der Waals surface area contributed by atoms with E-state index in [1.807, 2.05) is 20.8 Å². The van der Waals surface area contributed by atoms with Gasteiger partial charge in [0.05, 0.1) is 21.8 Å². The van der Waals surface area contributed by atoms with Crippen LogP contribution in [0, 0.1) is 0 Å². The number of piperidine rings is 1. The summed E-state index contributed by atoms with van der Waals surface area (Å²) >= 11 is 12.2. The topological polar surface area (TPSA) is 104 Å². The highest BCUT2D eigenvalue weighted by atomic mass is 35.5. The monoisotopic (exact) mass is 480 g/mol. The lowest BCUT2D eigenvalue weighted by Gasteiger charge is -2.33. The Morgan fingerprint density at radius 1 is 1.19 bits per heavy atom. The minimum atomic E-state index is -0.551. The van der Waals surface area contributed by atoms with Crippen LogP contribution in [0.2, 0.25) is 10.0 Å². The third kappa shape index (κ3) is 6.01. The van der Waals surface area contributed by atoms with Crippen LogP contribution >= 0.6 is 23.2 Å². The number of aromatic nitrogens is 2. The Morgan fingerprint density at radius 3 is 2.41 bits per heavy atom. The van der Waals surface area contributed by atoms with E-state index >= 15 is 0 Å². The molecule has 0 spiro atoms. The Balaban J connectivity index is 1.58. The number of aromatic amines is 1. The predicted molar refractivity (Wildman–Crippen MR) is 121 cm³/mol. The van der Waals surface area contributed by atoms with Crippen molar-refractivity contribution in [3.05, 3.63) is 51.3 Å². The van der Waals surface area contributed by atoms with Crippen LogP contribution in [0.1, 0.15) is 60.0 Å². The van der Waals surface area contributed by atoms with Crippen LogP contribution in [0.15, 0.2) is 24.4 Å². The van der Waals surface area contributed by atoms with Crippen LogP contribution in [-0.2, 0) is 11.2 Å². The Bertz CT molecular complexity index is 987. The number of nitrogens with zero attached hydrogens (tertiary/aromatic N) is 2. The van der Waals surface area contributed by atoms with Crippen molar-refractivity contribution >= 4 is 41.0 Å². The summed E-state index contributed by atoms with van der Waals surface area (Å²) in [4.78, 5) is 39.4. The van der Waals surface area contributed by atoms with Gasteiger partial charge in [-0.2, -0.15) is 5.10 Å². The summed E-state index contributed by atoms with van der Waals surface area (Å²) in [6.45, 7) is 6.44. The van der Waals surface area contributed by atoms with E-state index in [0.29, 0.717) is 31.5 Å². The number of carbonyl (C=O) groups excluding carboxylic acids is 3. The maximum Gasteiger partial charge on any atom is 0.410 e. The number of ketones is 1. The molecule has 1 aliphatic rings. The number of ether oxygens (including phenoxy) is 1. The highest BCUT2D eigenvalue weighted by Gasteiger charge is 2.28. The van der Waals surface area contributed by atoms with Gasteiger partial charge in [-0.1, -0.05) is 29.3 Å². The second-order valence-electron chi connectivity index (χ2n) is 8.68. The lowest BCUT2D eigenvalue weighted by atomic mass is 10.0. The van der Waals surface area contributed by atoms with Gasteiger partial charge < -0.3 is 15.0 Å². The van der Waals surface area contributed by atoms with Crippen molar-refractivity contribution in [2.45, 2.75) is 51.7 Å². The minimum Gasteiger partial charge on any atom is -0.444 e. The van der Waals surface area contributed by atoms with Crippen LogP contribution in [0.5, 0.6) is 0 Å². The molecule has 0 radical (unpaired) electrons. The molecule has 1 saturated heterocycles.